The lowest BCUT2D eigenvalue weighted by Crippen LogP contribution is -2.30. The van der Waals surface area contributed by atoms with Gasteiger partial charge in [-0.15, -0.1) is 0 Å². The second-order valence-electron chi connectivity index (χ2n) is 4.11. The van der Waals surface area contributed by atoms with Gasteiger partial charge in [0.2, 0.25) is 5.13 Å². The Morgan fingerprint density at radius 1 is 1.59 bits per heavy atom. The molecule has 0 aliphatic heterocycles. The first-order chi connectivity index (χ1) is 8.02. The second kappa shape index (κ2) is 6.51. The normalized spacial score (nSPS) is 12.7. The lowest BCUT2D eigenvalue weighted by molar-refractivity contribution is -0.138. The van der Waals surface area contributed by atoms with Gasteiger partial charge in [-0.25, -0.2) is 9.78 Å². The summed E-state index contributed by atoms with van der Waals surface area (Å²) in [5.41, 5.74) is 0. The number of rotatable bonds is 7. The van der Waals surface area contributed by atoms with Crippen LogP contribution in [-0.2, 0) is 16.1 Å². The molecule has 96 valence electrons. The average molecular weight is 259 g/mol. The third-order valence-corrected chi connectivity index (χ3v) is 2.73. The fraction of sp³-hybridized carbons (Fsp3) is 0.700. The van der Waals surface area contributed by atoms with E-state index >= 15 is 0 Å². The van der Waals surface area contributed by atoms with Gasteiger partial charge in [0.15, 0.2) is 5.82 Å². The number of nitrogens with zero attached hydrogens (tertiary/aromatic N) is 2. The van der Waals surface area contributed by atoms with E-state index in [1.807, 2.05) is 13.8 Å². The van der Waals surface area contributed by atoms with Crippen LogP contribution in [0.3, 0.4) is 0 Å². The Hall–Kier alpha value is -1.21. The molecule has 0 unspecified atom stereocenters. The highest BCUT2D eigenvalue weighted by Gasteiger charge is 2.20. The standard InChI is InChI=1S/C10H17N3O3S/c1-6(2)4-7(9(14)15)11-10-12-8(5-16-3)13-17-10/h6-7H,4-5H2,1-3H3,(H,14,15)(H,11,12,13)/t7-/m0/s1. The largest absolute Gasteiger partial charge is 0.480 e. The van der Waals surface area contributed by atoms with Crippen LogP contribution in [0.5, 0.6) is 0 Å². The van der Waals surface area contributed by atoms with Crippen LogP contribution in [0, 0.1) is 5.92 Å². The number of hydrogen-bond acceptors (Lipinski definition) is 6. The number of nitrogens with one attached hydrogen (secondary N) is 1. The molecule has 0 aromatic carbocycles. The topological polar surface area (TPSA) is 84.3 Å². The van der Waals surface area contributed by atoms with Gasteiger partial charge in [0, 0.05) is 18.6 Å². The number of carbonyl (C=O) groups is 1. The van der Waals surface area contributed by atoms with Gasteiger partial charge < -0.3 is 15.2 Å². The van der Waals surface area contributed by atoms with E-state index in [2.05, 4.69) is 14.7 Å². The summed E-state index contributed by atoms with van der Waals surface area (Å²) in [6, 6.07) is -0.627. The maximum atomic E-state index is 11.0. The molecule has 1 aromatic rings. The summed E-state index contributed by atoms with van der Waals surface area (Å²) in [4.78, 5) is 15.2. The molecule has 0 saturated heterocycles. The molecule has 0 saturated carbocycles. The number of methoxy groups -OCH3 is 1. The molecule has 1 atom stereocenters. The zero-order valence-electron chi connectivity index (χ0n) is 10.1. The highest BCUT2D eigenvalue weighted by Crippen LogP contribution is 2.16. The smallest absolute Gasteiger partial charge is 0.326 e. The van der Waals surface area contributed by atoms with Crippen LogP contribution in [0.25, 0.3) is 0 Å². The number of aromatic nitrogens is 2. The van der Waals surface area contributed by atoms with Crippen LogP contribution >= 0.6 is 11.5 Å². The third kappa shape index (κ3) is 4.66. The van der Waals surface area contributed by atoms with Crippen LogP contribution in [0.4, 0.5) is 5.13 Å². The molecule has 0 fully saturated rings. The lowest BCUT2D eigenvalue weighted by Gasteiger charge is -2.15. The van der Waals surface area contributed by atoms with Crippen molar-refractivity contribution in [3.63, 3.8) is 0 Å². The Morgan fingerprint density at radius 2 is 2.29 bits per heavy atom. The Kier molecular flexibility index (Phi) is 5.30. The minimum absolute atomic E-state index is 0.301. The fourth-order valence-electron chi connectivity index (χ4n) is 1.34. The summed E-state index contributed by atoms with van der Waals surface area (Å²) in [6.45, 7) is 4.29. The molecule has 7 heteroatoms. The van der Waals surface area contributed by atoms with Crippen molar-refractivity contribution in [3.8, 4) is 0 Å². The first kappa shape index (κ1) is 13.9. The predicted octanol–water partition coefficient (Wildman–Crippen LogP) is 1.60. The van der Waals surface area contributed by atoms with Crippen molar-refractivity contribution in [2.24, 2.45) is 5.92 Å². The number of carboxylic acids is 1. The number of aliphatic carboxylic acids is 1. The van der Waals surface area contributed by atoms with E-state index in [0.717, 1.165) is 11.5 Å². The molecule has 1 aromatic heterocycles. The SMILES string of the molecule is COCc1nsc(N[C@@H](CC(C)C)C(=O)O)n1. The molecule has 6 nitrogen and oxygen atoms in total. The summed E-state index contributed by atoms with van der Waals surface area (Å²) < 4.78 is 8.94. The minimum Gasteiger partial charge on any atom is -0.480 e. The highest BCUT2D eigenvalue weighted by molar-refractivity contribution is 7.09. The zero-order chi connectivity index (χ0) is 12.8. The van der Waals surface area contributed by atoms with Crippen LogP contribution < -0.4 is 5.32 Å². The van der Waals surface area contributed by atoms with E-state index < -0.39 is 12.0 Å². The lowest BCUT2D eigenvalue weighted by atomic mass is 10.0. The van der Waals surface area contributed by atoms with E-state index in [9.17, 15) is 4.79 Å². The fourth-order valence-corrected chi connectivity index (χ4v) is 1.97. The first-order valence-corrected chi connectivity index (χ1v) is 6.11. The number of hydrogen-bond donors (Lipinski definition) is 2. The van der Waals surface area contributed by atoms with Crippen molar-refractivity contribution in [1.82, 2.24) is 9.36 Å². The third-order valence-electron chi connectivity index (χ3n) is 2.04. The summed E-state index contributed by atoms with van der Waals surface area (Å²) >= 11 is 1.15. The average Bonchev–Trinajstić information content (AvgIpc) is 2.64. The van der Waals surface area contributed by atoms with Gasteiger partial charge in [-0.3, -0.25) is 0 Å². The van der Waals surface area contributed by atoms with E-state index in [4.69, 9.17) is 9.84 Å². The summed E-state index contributed by atoms with van der Waals surface area (Å²) in [5.74, 6) is -0.00848. The van der Waals surface area contributed by atoms with E-state index in [1.54, 1.807) is 7.11 Å². The maximum Gasteiger partial charge on any atom is 0.326 e. The molecule has 0 radical (unpaired) electrons. The molecule has 0 bridgehead atoms. The van der Waals surface area contributed by atoms with Crippen molar-refractivity contribution < 1.29 is 14.6 Å². The highest BCUT2D eigenvalue weighted by atomic mass is 32.1. The molecule has 0 aliphatic carbocycles. The Bertz CT molecular complexity index is 367. The molecular formula is C10H17N3O3S. The molecule has 17 heavy (non-hydrogen) atoms. The van der Waals surface area contributed by atoms with Gasteiger partial charge in [-0.1, -0.05) is 13.8 Å². The van der Waals surface area contributed by atoms with Crippen molar-refractivity contribution in [1.29, 1.82) is 0 Å². The summed E-state index contributed by atoms with van der Waals surface area (Å²) in [7, 11) is 1.56. The molecule has 0 aliphatic rings. The maximum absolute atomic E-state index is 11.0. The van der Waals surface area contributed by atoms with Crippen molar-refractivity contribution >= 4 is 22.6 Å². The summed E-state index contributed by atoms with van der Waals surface area (Å²) in [6.07, 6.45) is 0.550. The number of anilines is 1. The number of carboxylic acid groups (broad SMARTS) is 1. The Balaban J connectivity index is 2.62. The molecule has 1 rings (SSSR count). The van der Waals surface area contributed by atoms with Gasteiger partial charge in [-0.05, 0) is 12.3 Å². The van der Waals surface area contributed by atoms with E-state index in [0.29, 0.717) is 29.9 Å². The van der Waals surface area contributed by atoms with Crippen LogP contribution in [0.15, 0.2) is 0 Å². The quantitative estimate of drug-likeness (QED) is 0.773. The van der Waals surface area contributed by atoms with Gasteiger partial charge >= 0.3 is 5.97 Å². The Labute approximate surface area is 104 Å². The van der Waals surface area contributed by atoms with Gasteiger partial charge in [0.05, 0.1) is 0 Å². The molecule has 0 amide bonds. The van der Waals surface area contributed by atoms with Crippen molar-refractivity contribution in [2.75, 3.05) is 12.4 Å². The van der Waals surface area contributed by atoms with Crippen molar-refractivity contribution in [3.05, 3.63) is 5.82 Å². The molecule has 0 spiro atoms. The molecule has 1 heterocycles. The van der Waals surface area contributed by atoms with Gasteiger partial charge in [-0.2, -0.15) is 4.37 Å². The summed E-state index contributed by atoms with van der Waals surface area (Å²) in [5, 5.41) is 12.5. The zero-order valence-corrected chi connectivity index (χ0v) is 11.0. The van der Waals surface area contributed by atoms with Gasteiger partial charge in [0.1, 0.15) is 12.6 Å². The van der Waals surface area contributed by atoms with E-state index in [-0.39, 0.29) is 0 Å². The number of ether oxygens (including phenoxy) is 1. The molecular weight excluding hydrogens is 242 g/mol. The van der Waals surface area contributed by atoms with Crippen molar-refractivity contribution in [2.45, 2.75) is 32.9 Å². The first-order valence-electron chi connectivity index (χ1n) is 5.33. The second-order valence-corrected chi connectivity index (χ2v) is 4.87. The van der Waals surface area contributed by atoms with Gasteiger partial charge in [0.25, 0.3) is 0 Å². The van der Waals surface area contributed by atoms with Crippen LogP contribution in [0.1, 0.15) is 26.1 Å². The van der Waals surface area contributed by atoms with Crippen LogP contribution in [-0.4, -0.2) is 33.6 Å². The molecule has 2 N–H and O–H groups in total. The van der Waals surface area contributed by atoms with Crippen LogP contribution in [0.2, 0.25) is 0 Å². The minimum atomic E-state index is -0.873. The van der Waals surface area contributed by atoms with E-state index in [1.165, 1.54) is 0 Å². The Morgan fingerprint density at radius 3 is 2.82 bits per heavy atom. The predicted molar refractivity (Wildman–Crippen MR) is 65.1 cm³/mol. The monoisotopic (exact) mass is 259 g/mol.